The van der Waals surface area contributed by atoms with Crippen molar-refractivity contribution in [3.8, 4) is 0 Å². The van der Waals surface area contributed by atoms with E-state index in [4.69, 9.17) is 2.81 Å². The van der Waals surface area contributed by atoms with Gasteiger partial charge in [-0.3, -0.25) is 0 Å². The fourth-order valence-electron chi connectivity index (χ4n) is 0. The van der Waals surface area contributed by atoms with E-state index >= 15 is 0 Å². The third-order valence-electron chi connectivity index (χ3n) is 0. The Labute approximate surface area is 62.6 Å². The van der Waals surface area contributed by atoms with Crippen molar-refractivity contribution in [3.63, 3.8) is 0 Å². The third-order valence-corrected chi connectivity index (χ3v) is 0. The van der Waals surface area contributed by atoms with Crippen molar-refractivity contribution in [2.75, 3.05) is 0 Å². The molecule has 0 aliphatic heterocycles. The Morgan fingerprint density at radius 2 is 1.25 bits per heavy atom. The summed E-state index contributed by atoms with van der Waals surface area (Å²) in [6, 6.07) is 0. The SMILES string of the molecule is [Co].[LiH].[O]=[Zr]. The molecule has 0 saturated heterocycles. The first-order chi connectivity index (χ1) is 1.00. The minimum absolute atomic E-state index is 0. The molecule has 0 atom stereocenters. The molecule has 1 radical (unpaired) electrons. The molecule has 0 aromatic heterocycles. The zero-order valence-corrected chi connectivity index (χ0v) is 4.74. The monoisotopic (exact) mass is 173 g/mol. The molecule has 0 N–H and O–H groups in total. The molecule has 0 fully saturated rings. The van der Waals surface area contributed by atoms with E-state index in [2.05, 4.69) is 0 Å². The van der Waals surface area contributed by atoms with E-state index in [1.807, 2.05) is 0 Å². The van der Waals surface area contributed by atoms with Gasteiger partial charge in [0.1, 0.15) is 0 Å². The Balaban J connectivity index is -0.00000000500. The first-order valence-corrected chi connectivity index (χ1v) is 1.21. The second-order valence-corrected chi connectivity index (χ2v) is 0. The molecule has 0 aliphatic rings. The molecule has 0 unspecified atom stereocenters. The normalized spacial score (nSPS) is 0.750. The van der Waals surface area contributed by atoms with Gasteiger partial charge in [-0.05, 0) is 0 Å². The van der Waals surface area contributed by atoms with Gasteiger partial charge in [-0.25, -0.2) is 0 Å². The van der Waals surface area contributed by atoms with Crippen LogP contribution in [0, 0.1) is 0 Å². The zero-order chi connectivity index (χ0) is 2.00. The van der Waals surface area contributed by atoms with Crippen LogP contribution < -0.4 is 0 Å². The fraction of sp³-hybridized carbons (Fsp3) is 0. The van der Waals surface area contributed by atoms with Gasteiger partial charge in [0.05, 0.1) is 0 Å². The Kier molecular flexibility index (Phi) is 91.8. The standard InChI is InChI=1S/Co.Li.O.Zr.H. The van der Waals surface area contributed by atoms with Gasteiger partial charge in [0.15, 0.2) is 0 Å². The van der Waals surface area contributed by atoms with Crippen molar-refractivity contribution in [1.29, 1.82) is 0 Å². The van der Waals surface area contributed by atoms with Gasteiger partial charge in [0, 0.05) is 16.8 Å². The molecule has 0 saturated carbocycles. The quantitative estimate of drug-likeness (QED) is 0.441. The zero-order valence-electron chi connectivity index (χ0n) is 1.24. The molecule has 4 heavy (non-hydrogen) atoms. The Hall–Kier alpha value is 1.79. The number of hydrogen-bond acceptors (Lipinski definition) is 1. The summed E-state index contributed by atoms with van der Waals surface area (Å²) in [5.74, 6) is 0. The first-order valence-electron chi connectivity index (χ1n) is 0.204. The molecular formula is HCoLiOZr. The maximum absolute atomic E-state index is 8.34. The average molecular weight is 174 g/mol. The summed E-state index contributed by atoms with van der Waals surface area (Å²) in [6.45, 7) is 0. The second-order valence-electron chi connectivity index (χ2n) is 0. The van der Waals surface area contributed by atoms with Crippen molar-refractivity contribution in [2.45, 2.75) is 0 Å². The van der Waals surface area contributed by atoms with Gasteiger partial charge in [-0.2, -0.15) is 0 Å². The molecule has 0 heterocycles. The molecule has 0 rings (SSSR count). The van der Waals surface area contributed by atoms with E-state index in [0.717, 1.165) is 0 Å². The van der Waals surface area contributed by atoms with Crippen LogP contribution in [-0.4, -0.2) is 18.9 Å². The molecule has 0 bridgehead atoms. The Morgan fingerprint density at radius 3 is 1.25 bits per heavy atom. The van der Waals surface area contributed by atoms with E-state index in [0.29, 0.717) is 24.7 Å². The molecule has 4 heteroatoms. The molecule has 0 aliphatic carbocycles. The molecular weight excluding hydrogens is 173 g/mol. The third kappa shape index (κ3) is 9.21. The van der Waals surface area contributed by atoms with Crippen LogP contribution in [0.2, 0.25) is 0 Å². The Morgan fingerprint density at radius 1 is 1.25 bits per heavy atom. The van der Waals surface area contributed by atoms with Crippen LogP contribution in [0.25, 0.3) is 0 Å². The van der Waals surface area contributed by atoms with Gasteiger partial charge >= 0.3 is 46.4 Å². The van der Waals surface area contributed by atoms with E-state index in [9.17, 15) is 0 Å². The van der Waals surface area contributed by atoms with Gasteiger partial charge in [-0.1, -0.05) is 0 Å². The second kappa shape index (κ2) is 21.5. The molecule has 0 spiro atoms. The molecule has 21 valence electrons. The Bertz CT molecular complexity index is 8.00. The van der Waals surface area contributed by atoms with Crippen molar-refractivity contribution >= 4 is 18.9 Å². The summed E-state index contributed by atoms with van der Waals surface area (Å²) in [5.41, 5.74) is 0. The summed E-state index contributed by atoms with van der Waals surface area (Å²) in [4.78, 5) is 0. The van der Waals surface area contributed by atoms with Gasteiger partial charge in [-0.15, -0.1) is 0 Å². The number of rotatable bonds is 0. The van der Waals surface area contributed by atoms with Crippen molar-refractivity contribution in [3.05, 3.63) is 0 Å². The summed E-state index contributed by atoms with van der Waals surface area (Å²) in [6.07, 6.45) is 0. The predicted molar refractivity (Wildman–Crippen MR) is 7.84 cm³/mol. The molecule has 0 aromatic rings. The summed E-state index contributed by atoms with van der Waals surface area (Å²) in [5, 5.41) is 0. The summed E-state index contributed by atoms with van der Waals surface area (Å²) in [7, 11) is 0. The van der Waals surface area contributed by atoms with Gasteiger partial charge < -0.3 is 0 Å². The van der Waals surface area contributed by atoms with Crippen molar-refractivity contribution in [1.82, 2.24) is 0 Å². The van der Waals surface area contributed by atoms with Gasteiger partial charge in [0.25, 0.3) is 0 Å². The van der Waals surface area contributed by atoms with Crippen molar-refractivity contribution < 1.29 is 44.3 Å². The van der Waals surface area contributed by atoms with Crippen molar-refractivity contribution in [2.24, 2.45) is 0 Å². The molecule has 1 nitrogen and oxygen atoms in total. The molecule has 0 amide bonds. The van der Waals surface area contributed by atoms with E-state index in [1.54, 1.807) is 0 Å². The topological polar surface area (TPSA) is 17.1 Å². The van der Waals surface area contributed by atoms with Crippen LogP contribution in [0.3, 0.4) is 0 Å². The van der Waals surface area contributed by atoms with E-state index in [-0.39, 0.29) is 35.6 Å². The van der Waals surface area contributed by atoms with Crippen LogP contribution in [0.1, 0.15) is 0 Å². The fourth-order valence-corrected chi connectivity index (χ4v) is 0. The summed E-state index contributed by atoms with van der Waals surface area (Å²) >= 11 is 0.300. The molecule has 0 aromatic carbocycles. The van der Waals surface area contributed by atoms with Gasteiger partial charge in [0.2, 0.25) is 0 Å². The number of hydrogen-bond donors (Lipinski definition) is 0. The average Bonchev–Trinajstić information content (AvgIpc) is 1.00. The van der Waals surface area contributed by atoms with Crippen LogP contribution >= 0.6 is 0 Å². The van der Waals surface area contributed by atoms with Crippen LogP contribution in [0.15, 0.2) is 0 Å². The maximum atomic E-state index is 8.34. The summed E-state index contributed by atoms with van der Waals surface area (Å²) < 4.78 is 8.34. The first kappa shape index (κ1) is 17.1. The van der Waals surface area contributed by atoms with E-state index in [1.165, 1.54) is 0 Å². The van der Waals surface area contributed by atoms with Crippen LogP contribution in [-0.2, 0) is 44.3 Å². The van der Waals surface area contributed by atoms with Crippen LogP contribution in [0.5, 0.6) is 0 Å². The predicted octanol–water partition coefficient (Wildman–Crippen LogP) is -0.772. The van der Waals surface area contributed by atoms with E-state index < -0.39 is 0 Å². The van der Waals surface area contributed by atoms with Crippen LogP contribution in [0.4, 0.5) is 0 Å². The minimum atomic E-state index is 0.